The monoisotopic (exact) mass is 226 g/mol. The van der Waals surface area contributed by atoms with Crippen molar-refractivity contribution in [2.45, 2.75) is 39.2 Å². The molecule has 0 saturated carbocycles. The fourth-order valence-electron chi connectivity index (χ4n) is 1.80. The van der Waals surface area contributed by atoms with E-state index in [9.17, 15) is 9.59 Å². The Morgan fingerprint density at radius 1 is 1.50 bits per heavy atom. The summed E-state index contributed by atoms with van der Waals surface area (Å²) in [6.45, 7) is 3.78. The van der Waals surface area contributed by atoms with Crippen molar-refractivity contribution in [3.05, 3.63) is 11.3 Å². The highest BCUT2D eigenvalue weighted by atomic mass is 16.5. The Morgan fingerprint density at radius 3 is 2.75 bits per heavy atom. The molecule has 1 rings (SSSR count). The van der Waals surface area contributed by atoms with Gasteiger partial charge in [0, 0.05) is 5.70 Å². The average Bonchev–Trinajstić information content (AvgIpc) is 2.24. The molecule has 1 unspecified atom stereocenters. The first kappa shape index (κ1) is 12.5. The minimum Gasteiger partial charge on any atom is -0.466 e. The van der Waals surface area contributed by atoms with E-state index in [1.807, 2.05) is 0 Å². The Hall–Kier alpha value is -1.52. The summed E-state index contributed by atoms with van der Waals surface area (Å²) in [5.74, 6) is -0.383. The smallest absolute Gasteiger partial charge is 0.337 e. The second-order valence-corrected chi connectivity index (χ2v) is 3.82. The van der Waals surface area contributed by atoms with Crippen LogP contribution < -0.4 is 10.6 Å². The van der Waals surface area contributed by atoms with Crippen LogP contribution in [0.3, 0.4) is 0 Å². The number of urea groups is 1. The molecule has 2 amide bonds. The van der Waals surface area contributed by atoms with Crippen molar-refractivity contribution in [2.24, 2.45) is 0 Å². The maximum atomic E-state index is 11.6. The molecule has 0 spiro atoms. The number of allylic oxidation sites excluding steroid dienone is 1. The molecule has 90 valence electrons. The Balaban J connectivity index is 2.89. The van der Waals surface area contributed by atoms with Crippen molar-refractivity contribution in [1.29, 1.82) is 0 Å². The fraction of sp³-hybridized carbons (Fsp3) is 0.636. The van der Waals surface area contributed by atoms with Crippen molar-refractivity contribution >= 4 is 12.0 Å². The van der Waals surface area contributed by atoms with Crippen LogP contribution in [-0.4, -0.2) is 25.2 Å². The van der Waals surface area contributed by atoms with Gasteiger partial charge in [-0.05, 0) is 13.3 Å². The van der Waals surface area contributed by atoms with Gasteiger partial charge in [0.05, 0.1) is 18.7 Å². The average molecular weight is 226 g/mol. The Labute approximate surface area is 95.2 Å². The Morgan fingerprint density at radius 2 is 2.19 bits per heavy atom. The molecular formula is C11H18N2O3. The van der Waals surface area contributed by atoms with Crippen LogP contribution in [0.1, 0.15) is 33.1 Å². The second kappa shape index (κ2) is 5.53. The minimum absolute atomic E-state index is 0.235. The molecule has 2 N–H and O–H groups in total. The number of hydrogen-bond donors (Lipinski definition) is 2. The zero-order chi connectivity index (χ0) is 12.1. The lowest BCUT2D eigenvalue weighted by atomic mass is 9.98. The Kier molecular flexibility index (Phi) is 4.34. The lowest BCUT2D eigenvalue weighted by Crippen LogP contribution is -2.49. The lowest BCUT2D eigenvalue weighted by molar-refractivity contribution is -0.136. The van der Waals surface area contributed by atoms with Crippen LogP contribution in [0.2, 0.25) is 0 Å². The summed E-state index contributed by atoms with van der Waals surface area (Å²) >= 11 is 0. The second-order valence-electron chi connectivity index (χ2n) is 3.82. The molecule has 1 aliphatic rings. The van der Waals surface area contributed by atoms with E-state index in [1.54, 1.807) is 6.92 Å². The number of ether oxygens (including phenoxy) is 1. The maximum absolute atomic E-state index is 11.6. The van der Waals surface area contributed by atoms with Gasteiger partial charge in [0.2, 0.25) is 0 Å². The molecular weight excluding hydrogens is 208 g/mol. The van der Waals surface area contributed by atoms with Crippen LogP contribution in [0.25, 0.3) is 0 Å². The van der Waals surface area contributed by atoms with Crippen LogP contribution in [-0.2, 0) is 9.53 Å². The summed E-state index contributed by atoms with van der Waals surface area (Å²) in [5.41, 5.74) is 1.10. The van der Waals surface area contributed by atoms with E-state index in [2.05, 4.69) is 17.6 Å². The third kappa shape index (κ3) is 2.74. The molecule has 0 aromatic rings. The lowest BCUT2D eigenvalue weighted by Gasteiger charge is -2.27. The quantitative estimate of drug-likeness (QED) is 0.710. The highest BCUT2D eigenvalue weighted by Gasteiger charge is 2.29. The Bertz CT molecular complexity index is 323. The molecule has 0 fully saturated rings. The normalized spacial score (nSPS) is 20.2. The zero-order valence-electron chi connectivity index (χ0n) is 9.92. The van der Waals surface area contributed by atoms with E-state index in [1.165, 1.54) is 7.11 Å². The van der Waals surface area contributed by atoms with Gasteiger partial charge < -0.3 is 15.4 Å². The van der Waals surface area contributed by atoms with Gasteiger partial charge in [-0.25, -0.2) is 9.59 Å². The van der Waals surface area contributed by atoms with Gasteiger partial charge in [0.25, 0.3) is 0 Å². The topological polar surface area (TPSA) is 67.4 Å². The number of hydrogen-bond acceptors (Lipinski definition) is 3. The molecule has 1 atom stereocenters. The van der Waals surface area contributed by atoms with E-state index in [-0.39, 0.29) is 18.0 Å². The molecule has 1 aliphatic heterocycles. The van der Waals surface area contributed by atoms with Gasteiger partial charge in [-0.2, -0.15) is 0 Å². The van der Waals surface area contributed by atoms with Gasteiger partial charge in [0.15, 0.2) is 0 Å². The van der Waals surface area contributed by atoms with Gasteiger partial charge >= 0.3 is 12.0 Å². The number of carbonyl (C=O) groups excluding carboxylic acids is 2. The predicted octanol–water partition coefficient (Wildman–Crippen LogP) is 1.31. The van der Waals surface area contributed by atoms with E-state index < -0.39 is 0 Å². The molecule has 0 aromatic heterocycles. The van der Waals surface area contributed by atoms with Gasteiger partial charge in [-0.1, -0.05) is 19.8 Å². The fourth-order valence-corrected chi connectivity index (χ4v) is 1.80. The molecule has 5 nitrogen and oxygen atoms in total. The maximum Gasteiger partial charge on any atom is 0.337 e. The first-order valence-electron chi connectivity index (χ1n) is 5.46. The van der Waals surface area contributed by atoms with E-state index in [0.29, 0.717) is 11.3 Å². The van der Waals surface area contributed by atoms with Gasteiger partial charge in [-0.15, -0.1) is 0 Å². The molecule has 5 heteroatoms. The summed E-state index contributed by atoms with van der Waals surface area (Å²) in [4.78, 5) is 22.9. The molecule has 1 heterocycles. The molecule has 0 saturated heterocycles. The number of unbranched alkanes of at least 4 members (excludes halogenated alkanes) is 1. The van der Waals surface area contributed by atoms with Crippen LogP contribution in [0.5, 0.6) is 0 Å². The van der Waals surface area contributed by atoms with Gasteiger partial charge in [-0.3, -0.25) is 0 Å². The summed E-state index contributed by atoms with van der Waals surface area (Å²) in [6, 6.07) is -0.493. The number of methoxy groups -OCH3 is 1. The summed E-state index contributed by atoms with van der Waals surface area (Å²) in [5, 5.41) is 5.32. The standard InChI is InChI=1S/C11H18N2O3/c1-4-5-6-8-9(10(14)16-3)7(2)12-11(15)13-8/h8H,4-6H2,1-3H3,(H2,12,13,15). The summed E-state index contributed by atoms with van der Waals surface area (Å²) < 4.78 is 4.72. The minimum atomic E-state index is -0.383. The number of rotatable bonds is 4. The molecule has 0 radical (unpaired) electrons. The third-order valence-corrected chi connectivity index (χ3v) is 2.61. The van der Waals surface area contributed by atoms with Crippen molar-refractivity contribution in [2.75, 3.05) is 7.11 Å². The van der Waals surface area contributed by atoms with Crippen LogP contribution in [0.4, 0.5) is 4.79 Å². The SMILES string of the molecule is CCCCC1NC(=O)NC(C)=C1C(=O)OC. The van der Waals surface area contributed by atoms with Gasteiger partial charge in [0.1, 0.15) is 0 Å². The van der Waals surface area contributed by atoms with Crippen LogP contribution in [0, 0.1) is 0 Å². The number of carbonyl (C=O) groups is 2. The molecule has 0 aliphatic carbocycles. The van der Waals surface area contributed by atoms with Crippen molar-refractivity contribution < 1.29 is 14.3 Å². The van der Waals surface area contributed by atoms with Crippen LogP contribution >= 0.6 is 0 Å². The molecule has 16 heavy (non-hydrogen) atoms. The highest BCUT2D eigenvalue weighted by Crippen LogP contribution is 2.18. The summed E-state index contributed by atoms with van der Waals surface area (Å²) in [7, 11) is 1.34. The van der Waals surface area contributed by atoms with Crippen molar-refractivity contribution in [3.8, 4) is 0 Å². The van der Waals surface area contributed by atoms with E-state index in [0.717, 1.165) is 19.3 Å². The predicted molar refractivity (Wildman–Crippen MR) is 59.7 cm³/mol. The van der Waals surface area contributed by atoms with E-state index >= 15 is 0 Å². The number of nitrogens with one attached hydrogen (secondary N) is 2. The van der Waals surface area contributed by atoms with Crippen molar-refractivity contribution in [3.63, 3.8) is 0 Å². The molecule has 0 aromatic carbocycles. The highest BCUT2D eigenvalue weighted by molar-refractivity contribution is 5.94. The first-order chi connectivity index (χ1) is 7.60. The number of esters is 1. The zero-order valence-corrected chi connectivity index (χ0v) is 9.92. The van der Waals surface area contributed by atoms with Crippen LogP contribution in [0.15, 0.2) is 11.3 Å². The number of amides is 2. The summed E-state index contributed by atoms with van der Waals surface area (Å²) in [6.07, 6.45) is 2.73. The molecule has 0 bridgehead atoms. The van der Waals surface area contributed by atoms with E-state index in [4.69, 9.17) is 4.74 Å². The third-order valence-electron chi connectivity index (χ3n) is 2.61. The first-order valence-corrected chi connectivity index (χ1v) is 5.46. The van der Waals surface area contributed by atoms with Crippen molar-refractivity contribution in [1.82, 2.24) is 10.6 Å². The largest absolute Gasteiger partial charge is 0.466 e.